The summed E-state index contributed by atoms with van der Waals surface area (Å²) in [6, 6.07) is 9.45. The third-order valence-electron chi connectivity index (χ3n) is 3.94. The van der Waals surface area contributed by atoms with Gasteiger partial charge < -0.3 is 13.9 Å². The van der Waals surface area contributed by atoms with Crippen LogP contribution in [0.5, 0.6) is 0 Å². The number of methoxy groups -OCH3 is 1. The Morgan fingerprint density at radius 3 is 2.64 bits per heavy atom. The first-order valence-corrected chi connectivity index (χ1v) is 7.52. The Labute approximate surface area is 129 Å². The van der Waals surface area contributed by atoms with Crippen molar-refractivity contribution < 1.29 is 18.7 Å². The second-order valence-corrected chi connectivity index (χ2v) is 5.41. The minimum atomic E-state index is -0.458. The molecule has 2 aromatic rings. The summed E-state index contributed by atoms with van der Waals surface area (Å²) in [7, 11) is 1.65. The van der Waals surface area contributed by atoms with E-state index >= 15 is 0 Å². The van der Waals surface area contributed by atoms with Crippen LogP contribution in [-0.4, -0.2) is 30.3 Å². The van der Waals surface area contributed by atoms with E-state index < -0.39 is 5.97 Å². The Kier molecular flexibility index (Phi) is 4.53. The van der Waals surface area contributed by atoms with Crippen molar-refractivity contribution >= 4 is 5.97 Å². The van der Waals surface area contributed by atoms with Crippen LogP contribution in [0.1, 0.15) is 36.2 Å². The SMILES string of the molecule is CO[C@@H]1CCCC[C@H]1OC(=O)c1coc(-c2ccccc2)n1. The van der Waals surface area contributed by atoms with Gasteiger partial charge in [-0.1, -0.05) is 24.6 Å². The van der Waals surface area contributed by atoms with Crippen LogP contribution in [0, 0.1) is 0 Å². The number of carbonyl (C=O) groups is 1. The van der Waals surface area contributed by atoms with Crippen LogP contribution in [0.3, 0.4) is 0 Å². The Morgan fingerprint density at radius 2 is 1.91 bits per heavy atom. The molecule has 2 atom stereocenters. The first-order chi connectivity index (χ1) is 10.8. The minimum Gasteiger partial charge on any atom is -0.455 e. The fourth-order valence-corrected chi connectivity index (χ4v) is 2.75. The summed E-state index contributed by atoms with van der Waals surface area (Å²) in [5.41, 5.74) is 1.02. The van der Waals surface area contributed by atoms with Crippen LogP contribution in [0.15, 0.2) is 41.0 Å². The smallest absolute Gasteiger partial charge is 0.360 e. The maximum atomic E-state index is 12.2. The molecule has 1 heterocycles. The molecule has 0 unspecified atom stereocenters. The van der Waals surface area contributed by atoms with Crippen LogP contribution in [0.2, 0.25) is 0 Å². The molecule has 1 aliphatic rings. The van der Waals surface area contributed by atoms with Crippen molar-refractivity contribution in [3.8, 4) is 11.5 Å². The number of nitrogens with zero attached hydrogens (tertiary/aromatic N) is 1. The number of rotatable bonds is 4. The van der Waals surface area contributed by atoms with Crippen molar-refractivity contribution in [3.63, 3.8) is 0 Å². The number of benzene rings is 1. The predicted octanol–water partition coefficient (Wildman–Crippen LogP) is 3.46. The number of hydrogen-bond acceptors (Lipinski definition) is 5. The predicted molar refractivity (Wildman–Crippen MR) is 80.4 cm³/mol. The molecule has 0 N–H and O–H groups in total. The molecule has 0 bridgehead atoms. The van der Waals surface area contributed by atoms with Crippen molar-refractivity contribution in [2.75, 3.05) is 7.11 Å². The van der Waals surface area contributed by atoms with Gasteiger partial charge in [-0.05, 0) is 31.4 Å². The lowest BCUT2D eigenvalue weighted by Gasteiger charge is -2.29. The van der Waals surface area contributed by atoms with Gasteiger partial charge >= 0.3 is 5.97 Å². The Balaban J connectivity index is 1.69. The summed E-state index contributed by atoms with van der Waals surface area (Å²) in [4.78, 5) is 16.4. The van der Waals surface area contributed by atoms with E-state index in [0.29, 0.717) is 5.89 Å². The third kappa shape index (κ3) is 3.20. The second kappa shape index (κ2) is 6.75. The molecule has 1 aromatic carbocycles. The standard InChI is InChI=1S/C17H19NO4/c1-20-14-9-5-6-10-15(14)22-17(19)13-11-21-16(18-13)12-7-3-2-4-8-12/h2-4,7-8,11,14-15H,5-6,9-10H2,1H3/t14-,15-/m1/s1. The quantitative estimate of drug-likeness (QED) is 0.809. The van der Waals surface area contributed by atoms with E-state index in [1.54, 1.807) is 7.11 Å². The molecule has 116 valence electrons. The highest BCUT2D eigenvalue weighted by Gasteiger charge is 2.29. The fourth-order valence-electron chi connectivity index (χ4n) is 2.75. The molecular weight excluding hydrogens is 282 g/mol. The summed E-state index contributed by atoms with van der Waals surface area (Å²) in [5.74, 6) is -0.0423. The first-order valence-electron chi connectivity index (χ1n) is 7.52. The van der Waals surface area contributed by atoms with Crippen molar-refractivity contribution in [2.45, 2.75) is 37.9 Å². The van der Waals surface area contributed by atoms with E-state index in [-0.39, 0.29) is 17.9 Å². The van der Waals surface area contributed by atoms with E-state index in [4.69, 9.17) is 13.9 Å². The Bertz CT molecular complexity index is 623. The molecule has 1 saturated carbocycles. The van der Waals surface area contributed by atoms with Crippen LogP contribution in [-0.2, 0) is 9.47 Å². The average molecular weight is 301 g/mol. The van der Waals surface area contributed by atoms with Gasteiger partial charge in [-0.3, -0.25) is 0 Å². The largest absolute Gasteiger partial charge is 0.455 e. The summed E-state index contributed by atoms with van der Waals surface area (Å²) in [5, 5.41) is 0. The zero-order valence-corrected chi connectivity index (χ0v) is 12.5. The minimum absolute atomic E-state index is 0.0294. The van der Waals surface area contributed by atoms with Gasteiger partial charge in [0.25, 0.3) is 0 Å². The van der Waals surface area contributed by atoms with Gasteiger partial charge in [0.15, 0.2) is 5.69 Å². The van der Waals surface area contributed by atoms with Crippen LogP contribution in [0.25, 0.3) is 11.5 Å². The lowest BCUT2D eigenvalue weighted by molar-refractivity contribution is -0.0542. The van der Waals surface area contributed by atoms with E-state index in [1.165, 1.54) is 6.26 Å². The lowest BCUT2D eigenvalue weighted by Crippen LogP contribution is -2.35. The van der Waals surface area contributed by atoms with Gasteiger partial charge in [0.1, 0.15) is 12.4 Å². The number of esters is 1. The van der Waals surface area contributed by atoms with Crippen molar-refractivity contribution in [3.05, 3.63) is 42.3 Å². The van der Waals surface area contributed by atoms with E-state index in [1.807, 2.05) is 30.3 Å². The van der Waals surface area contributed by atoms with E-state index in [2.05, 4.69) is 4.98 Å². The first kappa shape index (κ1) is 14.8. The number of aromatic nitrogens is 1. The molecule has 0 aliphatic heterocycles. The molecule has 0 saturated heterocycles. The highest BCUT2D eigenvalue weighted by Crippen LogP contribution is 2.25. The molecule has 1 aromatic heterocycles. The van der Waals surface area contributed by atoms with Gasteiger partial charge in [0.05, 0.1) is 6.10 Å². The molecule has 0 amide bonds. The third-order valence-corrected chi connectivity index (χ3v) is 3.94. The highest BCUT2D eigenvalue weighted by molar-refractivity contribution is 5.87. The zero-order chi connectivity index (χ0) is 15.4. The second-order valence-electron chi connectivity index (χ2n) is 5.41. The van der Waals surface area contributed by atoms with Gasteiger partial charge in [-0.15, -0.1) is 0 Å². The van der Waals surface area contributed by atoms with Gasteiger partial charge in [0.2, 0.25) is 5.89 Å². The molecular formula is C17H19NO4. The number of oxazole rings is 1. The molecule has 5 nitrogen and oxygen atoms in total. The maximum Gasteiger partial charge on any atom is 0.360 e. The van der Waals surface area contributed by atoms with Crippen molar-refractivity contribution in [1.82, 2.24) is 4.98 Å². The van der Waals surface area contributed by atoms with E-state index in [9.17, 15) is 4.79 Å². The van der Waals surface area contributed by atoms with Gasteiger partial charge in [0, 0.05) is 12.7 Å². The Morgan fingerprint density at radius 1 is 1.18 bits per heavy atom. The molecule has 1 aliphatic carbocycles. The van der Waals surface area contributed by atoms with Crippen molar-refractivity contribution in [1.29, 1.82) is 0 Å². The lowest BCUT2D eigenvalue weighted by atomic mass is 9.94. The molecule has 0 radical (unpaired) electrons. The summed E-state index contributed by atoms with van der Waals surface area (Å²) >= 11 is 0. The van der Waals surface area contributed by atoms with Crippen molar-refractivity contribution in [2.24, 2.45) is 0 Å². The number of ether oxygens (including phenoxy) is 2. The topological polar surface area (TPSA) is 61.6 Å². The molecule has 22 heavy (non-hydrogen) atoms. The molecule has 1 fully saturated rings. The number of hydrogen-bond donors (Lipinski definition) is 0. The fraction of sp³-hybridized carbons (Fsp3) is 0.412. The summed E-state index contributed by atoms with van der Waals surface area (Å²) in [6.45, 7) is 0. The monoisotopic (exact) mass is 301 g/mol. The Hall–Kier alpha value is -2.14. The number of carbonyl (C=O) groups excluding carboxylic acids is 1. The summed E-state index contributed by atoms with van der Waals surface area (Å²) in [6.07, 6.45) is 5.01. The zero-order valence-electron chi connectivity index (χ0n) is 12.5. The molecule has 3 rings (SSSR count). The molecule has 0 spiro atoms. The van der Waals surface area contributed by atoms with Crippen LogP contribution in [0.4, 0.5) is 0 Å². The van der Waals surface area contributed by atoms with Crippen LogP contribution < -0.4 is 0 Å². The van der Waals surface area contributed by atoms with E-state index in [0.717, 1.165) is 31.2 Å². The van der Waals surface area contributed by atoms with Crippen LogP contribution >= 0.6 is 0 Å². The maximum absolute atomic E-state index is 12.2. The van der Waals surface area contributed by atoms with Gasteiger partial charge in [-0.25, -0.2) is 9.78 Å². The molecule has 5 heteroatoms. The average Bonchev–Trinajstić information content (AvgIpc) is 3.06. The normalized spacial score (nSPS) is 21.5. The van der Waals surface area contributed by atoms with Gasteiger partial charge in [-0.2, -0.15) is 0 Å². The summed E-state index contributed by atoms with van der Waals surface area (Å²) < 4.78 is 16.3. The highest BCUT2D eigenvalue weighted by atomic mass is 16.6.